The predicted molar refractivity (Wildman–Crippen MR) is 91.1 cm³/mol. The second-order valence-electron chi connectivity index (χ2n) is 6.48. The van der Waals surface area contributed by atoms with Crippen LogP contribution in [0.4, 0.5) is 0 Å². The first-order chi connectivity index (χ1) is 10.3. The van der Waals surface area contributed by atoms with Crippen molar-refractivity contribution in [3.8, 4) is 5.75 Å². The van der Waals surface area contributed by atoms with E-state index >= 15 is 0 Å². The van der Waals surface area contributed by atoms with Gasteiger partial charge in [0.15, 0.2) is 6.29 Å². The minimum atomic E-state index is -0.112. The zero-order valence-corrected chi connectivity index (χ0v) is 14.2. The van der Waals surface area contributed by atoms with Crippen molar-refractivity contribution in [3.05, 3.63) is 63.7 Å². The van der Waals surface area contributed by atoms with Crippen LogP contribution < -0.4 is 4.74 Å². The summed E-state index contributed by atoms with van der Waals surface area (Å²) in [6, 6.07) is 11.5. The van der Waals surface area contributed by atoms with Gasteiger partial charge >= 0.3 is 0 Å². The summed E-state index contributed by atoms with van der Waals surface area (Å²) < 4.78 is 5.99. The van der Waals surface area contributed by atoms with Gasteiger partial charge in [0.1, 0.15) is 12.4 Å². The summed E-state index contributed by atoms with van der Waals surface area (Å²) in [6.07, 6.45) is 0.851. The second kappa shape index (κ2) is 6.53. The van der Waals surface area contributed by atoms with E-state index in [2.05, 4.69) is 26.8 Å². The highest BCUT2D eigenvalue weighted by Crippen LogP contribution is 2.35. The molecule has 0 spiro atoms. The molecule has 0 unspecified atom stereocenters. The van der Waals surface area contributed by atoms with E-state index in [1.165, 1.54) is 0 Å². The lowest BCUT2D eigenvalue weighted by atomic mass is 9.84. The van der Waals surface area contributed by atoms with Gasteiger partial charge in [-0.2, -0.15) is 0 Å². The molecule has 0 bridgehead atoms. The Balaban J connectivity index is 2.41. The molecular weight excluding hydrogens is 296 g/mol. The summed E-state index contributed by atoms with van der Waals surface area (Å²) in [7, 11) is 0. The van der Waals surface area contributed by atoms with Crippen molar-refractivity contribution < 1.29 is 9.53 Å². The SMILES string of the molecule is Cc1cc(C=O)c(OCc2ccccc2Cl)c(C(C)(C)C)c1. The molecule has 3 heteroatoms. The molecule has 2 rings (SSSR count). The Kier molecular flexibility index (Phi) is 4.92. The number of rotatable bonds is 4. The van der Waals surface area contributed by atoms with Crippen molar-refractivity contribution in [1.82, 2.24) is 0 Å². The first-order valence-electron chi connectivity index (χ1n) is 7.29. The number of ether oxygens (including phenoxy) is 1. The molecule has 0 aliphatic carbocycles. The Morgan fingerprint density at radius 2 is 1.86 bits per heavy atom. The molecule has 0 saturated carbocycles. The van der Waals surface area contributed by atoms with E-state index < -0.39 is 0 Å². The molecular formula is C19H21ClO2. The van der Waals surface area contributed by atoms with E-state index in [9.17, 15) is 4.79 Å². The van der Waals surface area contributed by atoms with Crippen LogP contribution in [0.25, 0.3) is 0 Å². The molecule has 0 aliphatic heterocycles. The Bertz CT molecular complexity index is 684. The van der Waals surface area contributed by atoms with Gasteiger partial charge in [-0.1, -0.05) is 56.6 Å². The molecule has 0 aromatic heterocycles. The Morgan fingerprint density at radius 3 is 2.45 bits per heavy atom. The number of halogens is 1. The molecule has 2 aromatic rings. The van der Waals surface area contributed by atoms with Gasteiger partial charge in [0.25, 0.3) is 0 Å². The lowest BCUT2D eigenvalue weighted by Crippen LogP contribution is -2.15. The van der Waals surface area contributed by atoms with E-state index in [4.69, 9.17) is 16.3 Å². The van der Waals surface area contributed by atoms with Crippen molar-refractivity contribution in [1.29, 1.82) is 0 Å². The maximum absolute atomic E-state index is 11.4. The summed E-state index contributed by atoms with van der Waals surface area (Å²) in [6.45, 7) is 8.66. The van der Waals surface area contributed by atoms with Gasteiger partial charge in [-0.25, -0.2) is 0 Å². The average molecular weight is 317 g/mol. The van der Waals surface area contributed by atoms with E-state index in [0.717, 1.165) is 23.0 Å². The maximum Gasteiger partial charge on any atom is 0.153 e. The monoisotopic (exact) mass is 316 g/mol. The molecule has 0 heterocycles. The number of aryl methyl sites for hydroxylation is 1. The Morgan fingerprint density at radius 1 is 1.18 bits per heavy atom. The molecule has 2 aromatic carbocycles. The predicted octanol–water partition coefficient (Wildman–Crippen LogP) is 5.34. The maximum atomic E-state index is 11.4. The molecule has 0 amide bonds. The van der Waals surface area contributed by atoms with Crippen LogP contribution in [-0.2, 0) is 12.0 Å². The van der Waals surface area contributed by atoms with Gasteiger partial charge < -0.3 is 4.74 Å². The van der Waals surface area contributed by atoms with Crippen LogP contribution in [0.15, 0.2) is 36.4 Å². The van der Waals surface area contributed by atoms with E-state index in [-0.39, 0.29) is 5.41 Å². The molecule has 0 aliphatic rings. The normalized spacial score (nSPS) is 11.3. The van der Waals surface area contributed by atoms with Crippen LogP contribution in [-0.4, -0.2) is 6.29 Å². The molecule has 0 fully saturated rings. The molecule has 116 valence electrons. The number of benzene rings is 2. The van der Waals surface area contributed by atoms with Crippen LogP contribution in [0.1, 0.15) is 47.8 Å². The molecule has 0 radical (unpaired) electrons. The minimum Gasteiger partial charge on any atom is -0.488 e. The highest BCUT2D eigenvalue weighted by Gasteiger charge is 2.22. The number of aldehydes is 1. The third-order valence-electron chi connectivity index (χ3n) is 3.53. The van der Waals surface area contributed by atoms with E-state index in [0.29, 0.717) is 22.9 Å². The van der Waals surface area contributed by atoms with Crippen LogP contribution in [0.3, 0.4) is 0 Å². The van der Waals surface area contributed by atoms with Gasteiger partial charge in [0.05, 0.1) is 5.56 Å². The largest absolute Gasteiger partial charge is 0.488 e. The minimum absolute atomic E-state index is 0.112. The highest BCUT2D eigenvalue weighted by molar-refractivity contribution is 6.31. The van der Waals surface area contributed by atoms with Crippen molar-refractivity contribution >= 4 is 17.9 Å². The summed E-state index contributed by atoms with van der Waals surface area (Å²) in [4.78, 5) is 11.4. The van der Waals surface area contributed by atoms with Crippen LogP contribution in [0, 0.1) is 6.92 Å². The first-order valence-corrected chi connectivity index (χ1v) is 7.67. The number of carbonyl (C=O) groups is 1. The topological polar surface area (TPSA) is 26.3 Å². The zero-order chi connectivity index (χ0) is 16.3. The van der Waals surface area contributed by atoms with Gasteiger partial charge in [-0.15, -0.1) is 0 Å². The van der Waals surface area contributed by atoms with Crippen LogP contribution >= 0.6 is 11.6 Å². The fraction of sp³-hybridized carbons (Fsp3) is 0.316. The van der Waals surface area contributed by atoms with E-state index in [1.807, 2.05) is 37.3 Å². The van der Waals surface area contributed by atoms with Crippen molar-refractivity contribution in [2.45, 2.75) is 39.7 Å². The summed E-state index contributed by atoms with van der Waals surface area (Å²) in [5, 5.41) is 0.666. The van der Waals surface area contributed by atoms with Gasteiger partial charge in [-0.3, -0.25) is 4.79 Å². The molecule has 2 nitrogen and oxygen atoms in total. The van der Waals surface area contributed by atoms with Crippen molar-refractivity contribution in [2.24, 2.45) is 0 Å². The summed E-state index contributed by atoms with van der Waals surface area (Å²) >= 11 is 6.17. The fourth-order valence-electron chi connectivity index (χ4n) is 2.37. The van der Waals surface area contributed by atoms with Gasteiger partial charge in [0, 0.05) is 16.1 Å². The number of hydrogen-bond donors (Lipinski definition) is 0. The Hall–Kier alpha value is -1.80. The number of hydrogen-bond acceptors (Lipinski definition) is 2. The molecule has 0 atom stereocenters. The van der Waals surface area contributed by atoms with E-state index in [1.54, 1.807) is 0 Å². The zero-order valence-electron chi connectivity index (χ0n) is 13.4. The molecule has 22 heavy (non-hydrogen) atoms. The lowest BCUT2D eigenvalue weighted by molar-refractivity contribution is 0.111. The second-order valence-corrected chi connectivity index (χ2v) is 6.89. The Labute approximate surface area is 137 Å². The highest BCUT2D eigenvalue weighted by atomic mass is 35.5. The number of carbonyl (C=O) groups excluding carboxylic acids is 1. The fourth-order valence-corrected chi connectivity index (χ4v) is 2.56. The smallest absolute Gasteiger partial charge is 0.153 e. The van der Waals surface area contributed by atoms with Gasteiger partial charge in [0.2, 0.25) is 0 Å². The quantitative estimate of drug-likeness (QED) is 0.712. The van der Waals surface area contributed by atoms with Crippen LogP contribution in [0.2, 0.25) is 5.02 Å². The summed E-state index contributed by atoms with van der Waals surface area (Å²) in [5.74, 6) is 0.646. The molecule has 0 saturated heterocycles. The average Bonchev–Trinajstić information content (AvgIpc) is 2.45. The van der Waals surface area contributed by atoms with Crippen molar-refractivity contribution in [2.75, 3.05) is 0 Å². The van der Waals surface area contributed by atoms with Gasteiger partial charge in [-0.05, 0) is 30.0 Å². The lowest BCUT2D eigenvalue weighted by Gasteiger charge is -2.25. The standard InChI is InChI=1S/C19H21ClO2/c1-13-9-15(11-21)18(16(10-13)19(2,3)4)22-12-14-7-5-6-8-17(14)20/h5-11H,12H2,1-4H3. The van der Waals surface area contributed by atoms with Crippen molar-refractivity contribution in [3.63, 3.8) is 0 Å². The summed E-state index contributed by atoms with van der Waals surface area (Å²) in [5.41, 5.74) is 3.46. The third kappa shape index (κ3) is 3.69. The first kappa shape index (κ1) is 16.6. The van der Waals surface area contributed by atoms with Crippen LogP contribution in [0.5, 0.6) is 5.75 Å². The molecule has 0 N–H and O–H groups in total. The third-order valence-corrected chi connectivity index (χ3v) is 3.90.